The molecule has 116 valence electrons. The SMILES string of the molecule is CCCCCCCCCCCCCOCCCCO. The standard InChI is InChI=1S/C17H36O2/c1-2-3-4-5-6-7-8-9-10-11-13-16-19-17-14-12-15-18/h18H,2-17H2,1H3. The van der Waals surface area contributed by atoms with Crippen molar-refractivity contribution in [2.45, 2.75) is 90.4 Å². The van der Waals surface area contributed by atoms with Crippen LogP contribution < -0.4 is 0 Å². The molecular weight excluding hydrogens is 236 g/mol. The lowest BCUT2D eigenvalue weighted by Crippen LogP contribution is -1.98. The summed E-state index contributed by atoms with van der Waals surface area (Å²) in [5.74, 6) is 0. The Labute approximate surface area is 120 Å². The van der Waals surface area contributed by atoms with Gasteiger partial charge in [-0.15, -0.1) is 0 Å². The summed E-state index contributed by atoms with van der Waals surface area (Å²) in [6.07, 6.45) is 17.1. The molecule has 0 atom stereocenters. The number of hydrogen-bond acceptors (Lipinski definition) is 2. The van der Waals surface area contributed by atoms with E-state index in [0.717, 1.165) is 26.1 Å². The molecule has 2 heteroatoms. The van der Waals surface area contributed by atoms with Crippen molar-refractivity contribution in [3.63, 3.8) is 0 Å². The lowest BCUT2D eigenvalue weighted by molar-refractivity contribution is 0.121. The molecule has 0 aromatic heterocycles. The molecule has 0 spiro atoms. The van der Waals surface area contributed by atoms with Crippen molar-refractivity contribution >= 4 is 0 Å². The summed E-state index contributed by atoms with van der Waals surface area (Å²) in [4.78, 5) is 0. The molecular formula is C17H36O2. The van der Waals surface area contributed by atoms with Gasteiger partial charge in [0.2, 0.25) is 0 Å². The topological polar surface area (TPSA) is 29.5 Å². The summed E-state index contributed by atoms with van der Waals surface area (Å²) >= 11 is 0. The van der Waals surface area contributed by atoms with Crippen LogP contribution in [0.25, 0.3) is 0 Å². The Morgan fingerprint density at radius 1 is 0.579 bits per heavy atom. The average molecular weight is 272 g/mol. The molecule has 0 fully saturated rings. The zero-order valence-electron chi connectivity index (χ0n) is 13.2. The Morgan fingerprint density at radius 2 is 1.00 bits per heavy atom. The van der Waals surface area contributed by atoms with Gasteiger partial charge in [-0.05, 0) is 19.3 Å². The van der Waals surface area contributed by atoms with Crippen LogP contribution in [0.15, 0.2) is 0 Å². The van der Waals surface area contributed by atoms with Crippen LogP contribution in [-0.4, -0.2) is 24.9 Å². The minimum atomic E-state index is 0.293. The van der Waals surface area contributed by atoms with Gasteiger partial charge in [-0.25, -0.2) is 0 Å². The van der Waals surface area contributed by atoms with E-state index in [0.29, 0.717) is 6.61 Å². The van der Waals surface area contributed by atoms with Crippen LogP contribution in [0.1, 0.15) is 90.4 Å². The molecule has 0 heterocycles. The number of unbranched alkanes of at least 4 members (excludes halogenated alkanes) is 11. The minimum absolute atomic E-state index is 0.293. The van der Waals surface area contributed by atoms with Crippen molar-refractivity contribution in [2.75, 3.05) is 19.8 Å². The summed E-state index contributed by atoms with van der Waals surface area (Å²) in [5, 5.41) is 8.61. The maximum absolute atomic E-state index is 8.61. The molecule has 0 amide bonds. The van der Waals surface area contributed by atoms with Crippen LogP contribution in [0.3, 0.4) is 0 Å². The number of ether oxygens (including phenoxy) is 1. The molecule has 0 bridgehead atoms. The van der Waals surface area contributed by atoms with Gasteiger partial charge in [0, 0.05) is 19.8 Å². The molecule has 2 nitrogen and oxygen atoms in total. The van der Waals surface area contributed by atoms with Gasteiger partial charge in [0.05, 0.1) is 0 Å². The van der Waals surface area contributed by atoms with E-state index >= 15 is 0 Å². The van der Waals surface area contributed by atoms with Crippen molar-refractivity contribution < 1.29 is 9.84 Å². The Balaban J connectivity index is 2.88. The third-order valence-corrected chi connectivity index (χ3v) is 3.59. The Hall–Kier alpha value is -0.0800. The molecule has 0 aromatic rings. The number of aliphatic hydroxyl groups excluding tert-OH is 1. The van der Waals surface area contributed by atoms with Gasteiger partial charge < -0.3 is 9.84 Å². The van der Waals surface area contributed by atoms with Gasteiger partial charge in [-0.1, -0.05) is 71.1 Å². The molecule has 0 aliphatic heterocycles. The van der Waals surface area contributed by atoms with Crippen LogP contribution in [0.5, 0.6) is 0 Å². The summed E-state index contributed by atoms with van der Waals surface area (Å²) in [5.41, 5.74) is 0. The summed E-state index contributed by atoms with van der Waals surface area (Å²) < 4.78 is 5.51. The Morgan fingerprint density at radius 3 is 1.47 bits per heavy atom. The van der Waals surface area contributed by atoms with Gasteiger partial charge in [0.25, 0.3) is 0 Å². The monoisotopic (exact) mass is 272 g/mol. The summed E-state index contributed by atoms with van der Waals surface area (Å²) in [6.45, 7) is 4.29. The van der Waals surface area contributed by atoms with E-state index in [2.05, 4.69) is 6.92 Å². The highest BCUT2D eigenvalue weighted by molar-refractivity contribution is 4.48. The minimum Gasteiger partial charge on any atom is -0.396 e. The van der Waals surface area contributed by atoms with Gasteiger partial charge in [-0.2, -0.15) is 0 Å². The van der Waals surface area contributed by atoms with Crippen molar-refractivity contribution in [3.05, 3.63) is 0 Å². The molecule has 19 heavy (non-hydrogen) atoms. The molecule has 1 N–H and O–H groups in total. The summed E-state index contributed by atoms with van der Waals surface area (Å²) in [6, 6.07) is 0. The molecule has 0 saturated heterocycles. The largest absolute Gasteiger partial charge is 0.396 e. The van der Waals surface area contributed by atoms with Crippen molar-refractivity contribution in [1.82, 2.24) is 0 Å². The third kappa shape index (κ3) is 17.9. The Kier molecular flexibility index (Phi) is 17.8. The van der Waals surface area contributed by atoms with E-state index in [1.54, 1.807) is 0 Å². The summed E-state index contributed by atoms with van der Waals surface area (Å²) in [7, 11) is 0. The predicted octanol–water partition coefficient (Wildman–Crippen LogP) is 5.09. The van der Waals surface area contributed by atoms with Gasteiger partial charge in [0.1, 0.15) is 0 Å². The highest BCUT2D eigenvalue weighted by Crippen LogP contribution is 2.11. The molecule has 0 rings (SSSR count). The molecule has 0 aliphatic carbocycles. The van der Waals surface area contributed by atoms with E-state index in [4.69, 9.17) is 9.84 Å². The highest BCUT2D eigenvalue weighted by Gasteiger charge is 1.93. The van der Waals surface area contributed by atoms with Gasteiger partial charge in [0.15, 0.2) is 0 Å². The Bertz CT molecular complexity index is 132. The second-order valence-corrected chi connectivity index (χ2v) is 5.58. The predicted molar refractivity (Wildman–Crippen MR) is 83.6 cm³/mol. The maximum Gasteiger partial charge on any atom is 0.0466 e. The molecule has 0 aliphatic rings. The van der Waals surface area contributed by atoms with Crippen LogP contribution in [0, 0.1) is 0 Å². The first-order valence-corrected chi connectivity index (χ1v) is 8.60. The van der Waals surface area contributed by atoms with E-state index in [1.807, 2.05) is 0 Å². The number of aliphatic hydroxyl groups is 1. The van der Waals surface area contributed by atoms with E-state index < -0.39 is 0 Å². The zero-order chi connectivity index (χ0) is 14.0. The molecule has 0 unspecified atom stereocenters. The van der Waals surface area contributed by atoms with E-state index in [-0.39, 0.29) is 0 Å². The first-order chi connectivity index (χ1) is 9.41. The second-order valence-electron chi connectivity index (χ2n) is 5.58. The number of rotatable bonds is 16. The van der Waals surface area contributed by atoms with Crippen LogP contribution >= 0.6 is 0 Å². The first kappa shape index (κ1) is 18.9. The maximum atomic E-state index is 8.61. The third-order valence-electron chi connectivity index (χ3n) is 3.59. The lowest BCUT2D eigenvalue weighted by atomic mass is 10.1. The van der Waals surface area contributed by atoms with Crippen molar-refractivity contribution in [1.29, 1.82) is 0 Å². The highest BCUT2D eigenvalue weighted by atomic mass is 16.5. The molecule has 0 saturated carbocycles. The van der Waals surface area contributed by atoms with Crippen LogP contribution in [-0.2, 0) is 4.74 Å². The first-order valence-electron chi connectivity index (χ1n) is 8.60. The smallest absolute Gasteiger partial charge is 0.0466 e. The zero-order valence-corrected chi connectivity index (χ0v) is 13.2. The van der Waals surface area contributed by atoms with Crippen LogP contribution in [0.2, 0.25) is 0 Å². The van der Waals surface area contributed by atoms with E-state index in [9.17, 15) is 0 Å². The molecule has 0 radical (unpaired) electrons. The average Bonchev–Trinajstić information content (AvgIpc) is 2.43. The van der Waals surface area contributed by atoms with Gasteiger partial charge >= 0.3 is 0 Å². The van der Waals surface area contributed by atoms with Crippen molar-refractivity contribution in [3.8, 4) is 0 Å². The lowest BCUT2D eigenvalue weighted by Gasteiger charge is -2.04. The second kappa shape index (κ2) is 17.9. The van der Waals surface area contributed by atoms with Crippen molar-refractivity contribution in [2.24, 2.45) is 0 Å². The fourth-order valence-electron chi connectivity index (χ4n) is 2.29. The quantitative estimate of drug-likeness (QED) is 0.397. The van der Waals surface area contributed by atoms with Crippen LogP contribution in [0.4, 0.5) is 0 Å². The van der Waals surface area contributed by atoms with Gasteiger partial charge in [-0.3, -0.25) is 0 Å². The fraction of sp³-hybridized carbons (Fsp3) is 1.00. The normalized spacial score (nSPS) is 11.1. The van der Waals surface area contributed by atoms with E-state index in [1.165, 1.54) is 70.6 Å². The fourth-order valence-corrected chi connectivity index (χ4v) is 2.29. The molecule has 0 aromatic carbocycles. The number of hydrogen-bond donors (Lipinski definition) is 1.